The molecule has 2 aromatic heterocycles. The summed E-state index contributed by atoms with van der Waals surface area (Å²) >= 11 is 6.73. The third-order valence-corrected chi connectivity index (χ3v) is 6.36. The molecule has 0 spiro atoms. The van der Waals surface area contributed by atoms with Crippen LogP contribution in [-0.2, 0) is 14.8 Å². The Morgan fingerprint density at radius 1 is 1.46 bits per heavy atom. The number of likely N-dealkylation sites (N-methyl/N-ethyl adjacent to an activating group) is 1. The number of anilines is 1. The quantitative estimate of drug-likeness (QED) is 0.662. The Hall–Kier alpha value is -1.10. The summed E-state index contributed by atoms with van der Waals surface area (Å²) in [6.45, 7) is 0. The number of amides is 1. The maximum Gasteiger partial charge on any atom is 1.00 e. The molecule has 0 aromatic carbocycles. The van der Waals surface area contributed by atoms with Crippen molar-refractivity contribution in [1.29, 1.82) is 0 Å². The number of rotatable bonds is 2. The van der Waals surface area contributed by atoms with Gasteiger partial charge in [-0.25, -0.2) is 13.4 Å². The molecule has 0 fully saturated rings. The van der Waals surface area contributed by atoms with Crippen molar-refractivity contribution >= 4 is 50.4 Å². The number of fused-ring (bicyclic) bond motifs is 1. The molecule has 2 N–H and O–H groups in total. The van der Waals surface area contributed by atoms with E-state index in [2.05, 4.69) is 10.3 Å². The van der Waals surface area contributed by atoms with Gasteiger partial charge in [-0.15, -0.1) is 11.3 Å². The number of carbonyl (C=O) groups excluding carboxylic acids is 1. The molecule has 0 radical (unpaired) electrons. The predicted molar refractivity (Wildman–Crippen MR) is 87.8 cm³/mol. The van der Waals surface area contributed by atoms with E-state index >= 15 is 0 Å². The number of aliphatic hydroxyl groups excluding tert-OH is 1. The predicted octanol–water partition coefficient (Wildman–Crippen LogP) is -0.588. The van der Waals surface area contributed by atoms with Gasteiger partial charge in [0.2, 0.25) is 0 Å². The third-order valence-electron chi connectivity index (χ3n) is 3.18. The van der Waals surface area contributed by atoms with Crippen LogP contribution in [0.3, 0.4) is 0 Å². The van der Waals surface area contributed by atoms with Gasteiger partial charge in [0.25, 0.3) is 15.9 Å². The molecule has 7 nitrogen and oxygen atoms in total. The molecule has 0 bridgehead atoms. The minimum absolute atomic E-state index is 0. The van der Waals surface area contributed by atoms with Crippen molar-refractivity contribution in [1.82, 2.24) is 9.29 Å². The molecule has 2 aromatic rings. The molecule has 3 rings (SSSR count). The fourth-order valence-corrected chi connectivity index (χ4v) is 5.04. The molecular weight excluding hydrogens is 385 g/mol. The standard InChI is InChI=1S/C13H10ClN3O4S2.Na.H/c1-17-10(13(19)16-9-4-2-3-5-15-9)11(18)12-7(23(17,20)21)6-8(14)22-12;;/h2-6,18H,1H3,(H,15,16,19);;/q;+1;-1. The molecule has 1 aliphatic rings. The van der Waals surface area contributed by atoms with E-state index in [1.807, 2.05) is 0 Å². The van der Waals surface area contributed by atoms with Gasteiger partial charge >= 0.3 is 29.6 Å². The summed E-state index contributed by atoms with van der Waals surface area (Å²) in [5, 5.41) is 12.8. The van der Waals surface area contributed by atoms with Gasteiger partial charge in [-0.3, -0.25) is 9.10 Å². The molecule has 0 aliphatic carbocycles. The Morgan fingerprint density at radius 3 is 2.79 bits per heavy atom. The largest absolute Gasteiger partial charge is 1.00 e. The second-order valence-corrected chi connectivity index (χ2v) is 8.20. The summed E-state index contributed by atoms with van der Waals surface area (Å²) in [5.41, 5.74) is -0.387. The molecule has 24 heavy (non-hydrogen) atoms. The van der Waals surface area contributed by atoms with Gasteiger partial charge < -0.3 is 11.8 Å². The van der Waals surface area contributed by atoms with Gasteiger partial charge in [0.05, 0.1) is 9.21 Å². The first kappa shape index (κ1) is 19.2. The Kier molecular flexibility index (Phi) is 5.63. The minimum Gasteiger partial charge on any atom is -1.00 e. The molecule has 1 amide bonds. The molecule has 122 valence electrons. The Labute approximate surface area is 170 Å². The van der Waals surface area contributed by atoms with Crippen LogP contribution in [0.15, 0.2) is 41.1 Å². The number of nitrogens with zero attached hydrogens (tertiary/aromatic N) is 2. The monoisotopic (exact) mass is 395 g/mol. The first-order chi connectivity index (χ1) is 10.8. The first-order valence-corrected chi connectivity index (χ1v) is 8.90. The van der Waals surface area contributed by atoms with Crippen molar-refractivity contribution in [3.63, 3.8) is 0 Å². The molecule has 0 unspecified atom stereocenters. The molecule has 11 heteroatoms. The van der Waals surface area contributed by atoms with E-state index in [9.17, 15) is 18.3 Å². The van der Waals surface area contributed by atoms with Crippen LogP contribution in [0.1, 0.15) is 6.30 Å². The van der Waals surface area contributed by atoms with E-state index in [-0.39, 0.29) is 56.6 Å². The number of aromatic nitrogens is 1. The van der Waals surface area contributed by atoms with Gasteiger partial charge in [0.15, 0.2) is 11.5 Å². The summed E-state index contributed by atoms with van der Waals surface area (Å²) < 4.78 is 25.9. The van der Waals surface area contributed by atoms with E-state index in [1.165, 1.54) is 19.3 Å². The number of pyridine rings is 1. The number of hydrogen-bond acceptors (Lipinski definition) is 6. The number of hydrogen-bond donors (Lipinski definition) is 2. The average molecular weight is 396 g/mol. The smallest absolute Gasteiger partial charge is 1.00 e. The molecule has 0 atom stereocenters. The van der Waals surface area contributed by atoms with Crippen LogP contribution in [0.4, 0.5) is 5.82 Å². The van der Waals surface area contributed by atoms with Gasteiger partial charge in [0, 0.05) is 13.2 Å². The van der Waals surface area contributed by atoms with Crippen molar-refractivity contribution in [2.75, 3.05) is 12.4 Å². The van der Waals surface area contributed by atoms with Crippen LogP contribution < -0.4 is 34.9 Å². The number of carbonyl (C=O) groups is 1. The van der Waals surface area contributed by atoms with Gasteiger partial charge in [0.1, 0.15) is 10.7 Å². The summed E-state index contributed by atoms with van der Waals surface area (Å²) in [4.78, 5) is 16.2. The zero-order valence-corrected chi connectivity index (χ0v) is 17.0. The van der Waals surface area contributed by atoms with Crippen molar-refractivity contribution in [2.24, 2.45) is 0 Å². The fourth-order valence-electron chi connectivity index (χ4n) is 2.09. The summed E-state index contributed by atoms with van der Waals surface area (Å²) in [5.74, 6) is -0.997. The molecular formula is C13H11ClN3NaO4S2. The Bertz CT molecular complexity index is 934. The van der Waals surface area contributed by atoms with Crippen LogP contribution >= 0.6 is 22.9 Å². The number of thiophene rings is 1. The Morgan fingerprint density at radius 2 is 2.17 bits per heavy atom. The second kappa shape index (κ2) is 7.03. The van der Waals surface area contributed by atoms with Gasteiger partial charge in [-0.1, -0.05) is 17.7 Å². The van der Waals surface area contributed by atoms with Crippen molar-refractivity contribution in [3.8, 4) is 0 Å². The number of sulfonamides is 1. The van der Waals surface area contributed by atoms with E-state index in [4.69, 9.17) is 11.6 Å². The maximum absolute atomic E-state index is 12.5. The van der Waals surface area contributed by atoms with Gasteiger partial charge in [-0.2, -0.15) is 0 Å². The fraction of sp³-hybridized carbons (Fsp3) is 0.0769. The number of aliphatic hydroxyl groups is 1. The van der Waals surface area contributed by atoms with Crippen LogP contribution in [0.25, 0.3) is 5.76 Å². The van der Waals surface area contributed by atoms with Crippen molar-refractivity contribution in [3.05, 3.63) is 45.4 Å². The van der Waals surface area contributed by atoms with Crippen LogP contribution in [0, 0.1) is 0 Å². The second-order valence-electron chi connectivity index (χ2n) is 4.58. The van der Waals surface area contributed by atoms with E-state index < -0.39 is 21.7 Å². The van der Waals surface area contributed by atoms with Crippen molar-refractivity contribution in [2.45, 2.75) is 4.90 Å². The average Bonchev–Trinajstić information content (AvgIpc) is 2.90. The topological polar surface area (TPSA) is 99.6 Å². The van der Waals surface area contributed by atoms with Gasteiger partial charge in [-0.05, 0) is 18.2 Å². The van der Waals surface area contributed by atoms with Crippen LogP contribution in [0.2, 0.25) is 4.34 Å². The van der Waals surface area contributed by atoms with Crippen molar-refractivity contribution < 1.29 is 49.3 Å². The molecule has 3 heterocycles. The zero-order chi connectivity index (χ0) is 16.8. The summed E-state index contributed by atoms with van der Waals surface area (Å²) in [6, 6.07) is 6.12. The normalized spacial score (nSPS) is 15.5. The van der Waals surface area contributed by atoms with E-state index in [0.29, 0.717) is 0 Å². The van der Waals surface area contributed by atoms with E-state index in [0.717, 1.165) is 15.6 Å². The summed E-state index contributed by atoms with van der Waals surface area (Å²) in [6.07, 6.45) is 1.47. The number of halogens is 1. The molecule has 0 saturated heterocycles. The zero-order valence-electron chi connectivity index (χ0n) is 13.6. The number of nitrogens with one attached hydrogen (secondary N) is 1. The SMILES string of the molecule is CN1C(C(=O)Nc2ccccn2)=C(O)c2sc(Cl)cc2S1(=O)=O.[H-].[Na+]. The molecule has 0 saturated carbocycles. The molecule has 1 aliphatic heterocycles. The first-order valence-electron chi connectivity index (χ1n) is 6.26. The maximum atomic E-state index is 12.5. The van der Waals surface area contributed by atoms with E-state index in [1.54, 1.807) is 18.2 Å². The van der Waals surface area contributed by atoms with Crippen LogP contribution in [-0.4, -0.2) is 35.8 Å². The third kappa shape index (κ3) is 3.19. The Balaban J connectivity index is 0.00000156. The minimum atomic E-state index is -3.96. The summed E-state index contributed by atoms with van der Waals surface area (Å²) in [7, 11) is -2.77. The van der Waals surface area contributed by atoms with Crippen LogP contribution in [0.5, 0.6) is 0 Å².